The van der Waals surface area contributed by atoms with Crippen LogP contribution in [0.2, 0.25) is 0 Å². The van der Waals surface area contributed by atoms with Gasteiger partial charge in [-0.05, 0) is 70.0 Å². The molecular weight excluding hydrogens is 410 g/mol. The number of nitrogens with one attached hydrogen (secondary N) is 3. The summed E-state index contributed by atoms with van der Waals surface area (Å²) in [5, 5.41) is 14.6. The monoisotopic (exact) mass is 457 g/mol. The number of rotatable bonds is 9. The van der Waals surface area contributed by atoms with Crippen molar-refractivity contribution >= 4 is 5.91 Å². The molecule has 6 heteroatoms. The predicted octanol–water partition coefficient (Wildman–Crippen LogP) is 4.88. The van der Waals surface area contributed by atoms with Gasteiger partial charge in [0.25, 0.3) is 0 Å². The summed E-state index contributed by atoms with van der Waals surface area (Å²) in [5.74, 6) is 0.115. The topological polar surface area (TPSA) is 73.0 Å². The Bertz CT molecular complexity index is 786. The van der Waals surface area contributed by atoms with Crippen molar-refractivity contribution < 1.29 is 4.79 Å². The van der Waals surface area contributed by atoms with Crippen molar-refractivity contribution in [2.75, 3.05) is 19.6 Å². The van der Waals surface area contributed by atoms with Gasteiger partial charge >= 0.3 is 0 Å². The zero-order chi connectivity index (χ0) is 24.3. The molecule has 1 aromatic rings. The van der Waals surface area contributed by atoms with Gasteiger partial charge in [-0.1, -0.05) is 52.3 Å². The normalized spacial score (nSPS) is 19.4. The van der Waals surface area contributed by atoms with E-state index in [1.54, 1.807) is 0 Å². The van der Waals surface area contributed by atoms with Gasteiger partial charge in [-0.2, -0.15) is 5.10 Å². The second kappa shape index (κ2) is 13.6. The molecule has 1 fully saturated rings. The van der Waals surface area contributed by atoms with Crippen LogP contribution in [-0.2, 0) is 24.2 Å². The number of carbonyl (C=O) groups excluding carboxylic acids is 1. The van der Waals surface area contributed by atoms with Gasteiger partial charge in [-0.25, -0.2) is 0 Å². The van der Waals surface area contributed by atoms with E-state index in [0.717, 1.165) is 50.3 Å². The Hall–Kier alpha value is -2.08. The predicted molar refractivity (Wildman–Crippen MR) is 138 cm³/mol. The minimum atomic E-state index is -0.00473. The van der Waals surface area contributed by atoms with Crippen LogP contribution >= 0.6 is 0 Å². The highest BCUT2D eigenvalue weighted by Crippen LogP contribution is 2.34. The fourth-order valence-corrected chi connectivity index (χ4v) is 4.76. The average molecular weight is 458 g/mol. The number of piperidine rings is 1. The van der Waals surface area contributed by atoms with Crippen molar-refractivity contribution in [3.05, 3.63) is 40.9 Å². The van der Waals surface area contributed by atoms with E-state index in [1.807, 2.05) is 33.8 Å². The summed E-state index contributed by atoms with van der Waals surface area (Å²) >= 11 is 0. The quantitative estimate of drug-likeness (QED) is 0.462. The minimum Gasteiger partial charge on any atom is -0.383 e. The number of carbonyl (C=O) groups is 1. The van der Waals surface area contributed by atoms with Gasteiger partial charge in [0.2, 0.25) is 5.91 Å². The summed E-state index contributed by atoms with van der Waals surface area (Å²) in [6.45, 7) is 16.0. The molecular formula is C27H47N5O. The van der Waals surface area contributed by atoms with Gasteiger partial charge in [-0.3, -0.25) is 14.8 Å². The second-order valence-corrected chi connectivity index (χ2v) is 9.88. The molecule has 0 saturated carbocycles. The Labute approximate surface area is 201 Å². The van der Waals surface area contributed by atoms with E-state index >= 15 is 0 Å². The highest BCUT2D eigenvalue weighted by Gasteiger charge is 2.28. The largest absolute Gasteiger partial charge is 0.383 e. The second-order valence-electron chi connectivity index (χ2n) is 9.88. The summed E-state index contributed by atoms with van der Waals surface area (Å²) in [6.07, 6.45) is 14.0. The maximum Gasteiger partial charge on any atom is 0.234 e. The lowest BCUT2D eigenvalue weighted by Crippen LogP contribution is -2.43. The zero-order valence-electron chi connectivity index (χ0n) is 21.9. The fourth-order valence-electron chi connectivity index (χ4n) is 4.76. The first-order valence-electron chi connectivity index (χ1n) is 13.0. The minimum absolute atomic E-state index is 0.00473. The van der Waals surface area contributed by atoms with Gasteiger partial charge in [0.15, 0.2) is 0 Å². The molecule has 6 nitrogen and oxygen atoms in total. The van der Waals surface area contributed by atoms with Crippen LogP contribution in [0.4, 0.5) is 0 Å². The molecule has 186 valence electrons. The molecule has 1 unspecified atom stereocenters. The van der Waals surface area contributed by atoms with E-state index in [1.165, 1.54) is 36.9 Å². The lowest BCUT2D eigenvalue weighted by Gasteiger charge is -2.29. The van der Waals surface area contributed by atoms with Gasteiger partial charge in [0.1, 0.15) is 0 Å². The van der Waals surface area contributed by atoms with Crippen LogP contribution in [0, 0.1) is 5.41 Å². The van der Waals surface area contributed by atoms with Crippen molar-refractivity contribution in [2.24, 2.45) is 5.41 Å². The van der Waals surface area contributed by atoms with Crippen molar-refractivity contribution in [1.82, 2.24) is 25.7 Å². The van der Waals surface area contributed by atoms with E-state index in [0.29, 0.717) is 12.0 Å². The standard InChI is InChI=1S/C25H41N5O.C2H6/c1-5-10-20(27-24(31)18-30-13-8-7-9-14-30)15-19(6-2)26-17-23-21-11-12-25(3,4)16-22(21)28-29-23;1-2/h5-6,10,20,26H,7-9,11-18H2,1-4H3,(H,27,31)(H,28,29);1-2H3/b10-5-,19-6+;. The van der Waals surface area contributed by atoms with E-state index < -0.39 is 0 Å². The Morgan fingerprint density at radius 1 is 1.21 bits per heavy atom. The molecule has 1 amide bonds. The maximum atomic E-state index is 12.6. The van der Waals surface area contributed by atoms with E-state index in [2.05, 4.69) is 51.7 Å². The average Bonchev–Trinajstić information content (AvgIpc) is 3.19. The summed E-state index contributed by atoms with van der Waals surface area (Å²) in [4.78, 5) is 14.8. The lowest BCUT2D eigenvalue weighted by atomic mass is 9.76. The van der Waals surface area contributed by atoms with Gasteiger partial charge < -0.3 is 10.6 Å². The molecule has 3 rings (SSSR count). The lowest BCUT2D eigenvalue weighted by molar-refractivity contribution is -0.122. The summed E-state index contributed by atoms with van der Waals surface area (Å²) in [5.41, 5.74) is 5.30. The van der Waals surface area contributed by atoms with E-state index in [9.17, 15) is 4.79 Å². The van der Waals surface area contributed by atoms with Crippen LogP contribution in [0.1, 0.15) is 90.6 Å². The molecule has 1 aromatic heterocycles. The van der Waals surface area contributed by atoms with Crippen LogP contribution in [-0.4, -0.2) is 46.7 Å². The number of aromatic nitrogens is 2. The van der Waals surface area contributed by atoms with Crippen LogP contribution in [0.3, 0.4) is 0 Å². The third kappa shape index (κ3) is 8.65. The Morgan fingerprint density at radius 2 is 1.94 bits per heavy atom. The van der Waals surface area contributed by atoms with Crippen molar-refractivity contribution in [1.29, 1.82) is 0 Å². The Balaban J connectivity index is 0.00000187. The summed E-state index contributed by atoms with van der Waals surface area (Å²) in [7, 11) is 0. The molecule has 0 bridgehead atoms. The molecule has 0 aromatic carbocycles. The number of allylic oxidation sites excluding steroid dienone is 2. The van der Waals surface area contributed by atoms with Crippen LogP contribution < -0.4 is 10.6 Å². The first-order chi connectivity index (χ1) is 15.9. The van der Waals surface area contributed by atoms with Crippen LogP contribution in [0.15, 0.2) is 23.9 Å². The van der Waals surface area contributed by atoms with Crippen LogP contribution in [0.25, 0.3) is 0 Å². The SMILES string of the molecule is C/C=C\C(C/C(=C\C)NCc1n[nH]c2c1CCC(C)(C)C2)NC(=O)CN1CCCCC1.CC. The van der Waals surface area contributed by atoms with Crippen molar-refractivity contribution in [3.63, 3.8) is 0 Å². The maximum absolute atomic E-state index is 12.6. The number of amides is 1. The molecule has 1 aliphatic heterocycles. The molecule has 1 saturated heterocycles. The van der Waals surface area contributed by atoms with Crippen molar-refractivity contribution in [2.45, 2.75) is 99.1 Å². The number of hydrogen-bond acceptors (Lipinski definition) is 4. The smallest absolute Gasteiger partial charge is 0.234 e. The first-order valence-corrected chi connectivity index (χ1v) is 13.0. The molecule has 2 heterocycles. The van der Waals surface area contributed by atoms with Crippen molar-refractivity contribution in [3.8, 4) is 0 Å². The molecule has 3 N–H and O–H groups in total. The number of fused-ring (bicyclic) bond motifs is 1. The van der Waals surface area contributed by atoms with Crippen LogP contribution in [0.5, 0.6) is 0 Å². The van der Waals surface area contributed by atoms with E-state index in [-0.39, 0.29) is 11.9 Å². The number of nitrogens with zero attached hydrogens (tertiary/aromatic N) is 2. The molecule has 0 spiro atoms. The number of likely N-dealkylation sites (tertiary alicyclic amines) is 1. The summed E-state index contributed by atoms with van der Waals surface area (Å²) < 4.78 is 0. The molecule has 2 aliphatic rings. The first kappa shape index (κ1) is 27.2. The molecule has 1 aliphatic carbocycles. The highest BCUT2D eigenvalue weighted by atomic mass is 16.2. The molecule has 33 heavy (non-hydrogen) atoms. The fraction of sp³-hybridized carbons (Fsp3) is 0.704. The number of aromatic amines is 1. The Morgan fingerprint density at radius 3 is 2.61 bits per heavy atom. The number of H-pyrrole nitrogens is 1. The molecule has 0 radical (unpaired) electrons. The third-order valence-electron chi connectivity index (χ3n) is 6.60. The zero-order valence-corrected chi connectivity index (χ0v) is 21.9. The third-order valence-corrected chi connectivity index (χ3v) is 6.60. The van der Waals surface area contributed by atoms with Gasteiger partial charge in [0, 0.05) is 17.8 Å². The highest BCUT2D eigenvalue weighted by molar-refractivity contribution is 5.78. The van der Waals surface area contributed by atoms with E-state index in [4.69, 9.17) is 0 Å². The Kier molecular flexibility index (Phi) is 11.2. The van der Waals surface area contributed by atoms with Gasteiger partial charge in [-0.15, -0.1) is 0 Å². The van der Waals surface area contributed by atoms with Gasteiger partial charge in [0.05, 0.1) is 24.8 Å². The number of hydrogen-bond donors (Lipinski definition) is 3. The summed E-state index contributed by atoms with van der Waals surface area (Å²) in [6, 6.07) is -0.00473. The molecule has 1 atom stereocenters.